The SMILES string of the molecule is CN(C)CCOc1cc(Cl)c(Cl)cc1Oc1ncccc1C(=O)C=Cc1ccccc1. The Morgan fingerprint density at radius 1 is 1.03 bits per heavy atom. The van der Waals surface area contributed by atoms with Crippen LogP contribution in [0.2, 0.25) is 10.0 Å². The largest absolute Gasteiger partial charge is 0.488 e. The highest BCUT2D eigenvalue weighted by molar-refractivity contribution is 6.42. The lowest BCUT2D eigenvalue weighted by molar-refractivity contribution is 0.104. The van der Waals surface area contributed by atoms with Gasteiger partial charge in [-0.25, -0.2) is 4.98 Å². The number of halogens is 2. The number of carbonyl (C=O) groups excluding carboxylic acids is 1. The fourth-order valence-electron chi connectivity index (χ4n) is 2.63. The summed E-state index contributed by atoms with van der Waals surface area (Å²) < 4.78 is 11.8. The number of hydrogen-bond donors (Lipinski definition) is 0. The first-order valence-electron chi connectivity index (χ1n) is 9.61. The smallest absolute Gasteiger partial charge is 0.230 e. The molecular formula is C24H22Cl2N2O3. The quantitative estimate of drug-likeness (QED) is 0.291. The number of nitrogens with zero attached hydrogens (tertiary/aromatic N) is 2. The van der Waals surface area contributed by atoms with Crippen molar-refractivity contribution in [2.45, 2.75) is 0 Å². The average Bonchev–Trinajstić information content (AvgIpc) is 2.76. The minimum Gasteiger partial charge on any atom is -0.488 e. The molecule has 0 saturated heterocycles. The zero-order valence-electron chi connectivity index (χ0n) is 17.2. The van der Waals surface area contributed by atoms with Crippen LogP contribution >= 0.6 is 23.2 Å². The second kappa shape index (κ2) is 11.0. The molecule has 3 aromatic rings. The van der Waals surface area contributed by atoms with Crippen molar-refractivity contribution in [3.05, 3.63) is 88.0 Å². The summed E-state index contributed by atoms with van der Waals surface area (Å²) in [5.74, 6) is 0.663. The van der Waals surface area contributed by atoms with E-state index in [0.717, 1.165) is 5.56 Å². The molecule has 0 N–H and O–H groups in total. The van der Waals surface area contributed by atoms with Crippen LogP contribution in [0, 0.1) is 0 Å². The van der Waals surface area contributed by atoms with E-state index in [1.165, 1.54) is 6.08 Å². The van der Waals surface area contributed by atoms with Gasteiger partial charge < -0.3 is 14.4 Å². The van der Waals surface area contributed by atoms with Crippen LogP contribution < -0.4 is 9.47 Å². The van der Waals surface area contributed by atoms with Gasteiger partial charge in [0.25, 0.3) is 0 Å². The van der Waals surface area contributed by atoms with E-state index in [4.69, 9.17) is 32.7 Å². The minimum atomic E-state index is -0.234. The first-order chi connectivity index (χ1) is 14.9. The fourth-order valence-corrected chi connectivity index (χ4v) is 2.94. The van der Waals surface area contributed by atoms with Gasteiger partial charge in [0.2, 0.25) is 5.88 Å². The predicted molar refractivity (Wildman–Crippen MR) is 125 cm³/mol. The molecule has 7 heteroatoms. The van der Waals surface area contributed by atoms with Gasteiger partial charge in [-0.05, 0) is 37.9 Å². The van der Waals surface area contributed by atoms with Crippen molar-refractivity contribution in [2.24, 2.45) is 0 Å². The first kappa shape index (κ1) is 22.8. The van der Waals surface area contributed by atoms with Gasteiger partial charge >= 0.3 is 0 Å². The maximum absolute atomic E-state index is 12.8. The number of carbonyl (C=O) groups is 1. The summed E-state index contributed by atoms with van der Waals surface area (Å²) >= 11 is 12.3. The molecule has 0 spiro atoms. The maximum atomic E-state index is 12.8. The predicted octanol–water partition coefficient (Wildman–Crippen LogP) is 6.02. The summed E-state index contributed by atoms with van der Waals surface area (Å²) in [6.07, 6.45) is 4.79. The van der Waals surface area contributed by atoms with E-state index < -0.39 is 0 Å². The monoisotopic (exact) mass is 456 g/mol. The van der Waals surface area contributed by atoms with E-state index in [9.17, 15) is 4.79 Å². The number of hydrogen-bond acceptors (Lipinski definition) is 5. The Labute approximate surface area is 191 Å². The van der Waals surface area contributed by atoms with E-state index in [1.807, 2.05) is 49.3 Å². The Balaban J connectivity index is 1.85. The van der Waals surface area contributed by atoms with E-state index in [1.54, 1.807) is 36.5 Å². The summed E-state index contributed by atoms with van der Waals surface area (Å²) in [5.41, 5.74) is 1.24. The van der Waals surface area contributed by atoms with Crippen molar-refractivity contribution in [3.8, 4) is 17.4 Å². The van der Waals surface area contributed by atoms with E-state index in [0.29, 0.717) is 40.3 Å². The molecule has 0 aliphatic rings. The molecule has 0 fully saturated rings. The van der Waals surface area contributed by atoms with Crippen LogP contribution in [0.5, 0.6) is 17.4 Å². The van der Waals surface area contributed by atoms with Gasteiger partial charge in [0.1, 0.15) is 6.61 Å². The van der Waals surface area contributed by atoms with E-state index in [2.05, 4.69) is 4.98 Å². The lowest BCUT2D eigenvalue weighted by atomic mass is 10.1. The summed E-state index contributed by atoms with van der Waals surface area (Å²) in [4.78, 5) is 19.0. The number of aromatic nitrogens is 1. The number of pyridine rings is 1. The molecule has 3 rings (SSSR count). The fraction of sp³-hybridized carbons (Fsp3) is 0.167. The normalized spacial score (nSPS) is 11.1. The van der Waals surface area contributed by atoms with Gasteiger partial charge in [-0.2, -0.15) is 0 Å². The summed E-state index contributed by atoms with van der Waals surface area (Å²) in [6, 6.07) is 16.0. The Morgan fingerprint density at radius 2 is 1.74 bits per heavy atom. The molecule has 0 aliphatic heterocycles. The minimum absolute atomic E-state index is 0.154. The molecule has 31 heavy (non-hydrogen) atoms. The number of likely N-dealkylation sites (N-methyl/N-ethyl adjacent to an activating group) is 1. The maximum Gasteiger partial charge on any atom is 0.230 e. The molecule has 0 radical (unpaired) electrons. The van der Waals surface area contributed by atoms with E-state index in [-0.39, 0.29) is 11.7 Å². The lowest BCUT2D eigenvalue weighted by Gasteiger charge is -2.16. The van der Waals surface area contributed by atoms with Gasteiger partial charge in [-0.15, -0.1) is 0 Å². The van der Waals surface area contributed by atoms with Crippen LogP contribution in [0.25, 0.3) is 6.08 Å². The second-order valence-corrected chi connectivity index (χ2v) is 7.75. The van der Waals surface area contributed by atoms with Gasteiger partial charge in [-0.1, -0.05) is 59.6 Å². The number of ketones is 1. The molecule has 5 nitrogen and oxygen atoms in total. The zero-order chi connectivity index (χ0) is 22.2. The zero-order valence-corrected chi connectivity index (χ0v) is 18.7. The number of rotatable bonds is 9. The van der Waals surface area contributed by atoms with Crippen molar-refractivity contribution in [2.75, 3.05) is 27.2 Å². The summed E-state index contributed by atoms with van der Waals surface area (Å²) in [6.45, 7) is 1.13. The number of allylic oxidation sites excluding steroid dienone is 1. The molecule has 0 atom stereocenters. The van der Waals surface area contributed by atoms with Gasteiger partial charge in [0, 0.05) is 24.9 Å². The van der Waals surface area contributed by atoms with Crippen LogP contribution in [0.15, 0.2) is 66.9 Å². The van der Waals surface area contributed by atoms with Crippen molar-refractivity contribution >= 4 is 35.1 Å². The molecule has 2 aromatic carbocycles. The molecule has 0 aliphatic carbocycles. The van der Waals surface area contributed by atoms with Gasteiger partial charge in [0.15, 0.2) is 17.3 Å². The summed E-state index contributed by atoms with van der Waals surface area (Å²) in [7, 11) is 3.90. The third-order valence-electron chi connectivity index (χ3n) is 4.25. The molecule has 1 heterocycles. The van der Waals surface area contributed by atoms with Gasteiger partial charge in [0.05, 0.1) is 15.6 Å². The van der Waals surface area contributed by atoms with E-state index >= 15 is 0 Å². The number of ether oxygens (including phenoxy) is 2. The Morgan fingerprint density at radius 3 is 2.45 bits per heavy atom. The number of benzene rings is 2. The van der Waals surface area contributed by atoms with Crippen molar-refractivity contribution in [3.63, 3.8) is 0 Å². The van der Waals surface area contributed by atoms with Crippen LogP contribution in [0.3, 0.4) is 0 Å². The standard InChI is InChI=1S/C24H22Cl2N2O3/c1-28(2)13-14-30-22-15-19(25)20(26)16-23(22)31-24-18(9-6-12-27-24)21(29)11-10-17-7-4-3-5-8-17/h3-12,15-16H,13-14H2,1-2H3. The van der Waals surface area contributed by atoms with Crippen LogP contribution in [0.4, 0.5) is 0 Å². The van der Waals surface area contributed by atoms with Crippen LogP contribution in [-0.2, 0) is 0 Å². The average molecular weight is 457 g/mol. The third-order valence-corrected chi connectivity index (χ3v) is 4.97. The highest BCUT2D eigenvalue weighted by Crippen LogP contribution is 2.38. The molecule has 0 unspecified atom stereocenters. The van der Waals surface area contributed by atoms with Crippen molar-refractivity contribution in [1.82, 2.24) is 9.88 Å². The second-order valence-electron chi connectivity index (χ2n) is 6.93. The highest BCUT2D eigenvalue weighted by atomic mass is 35.5. The topological polar surface area (TPSA) is 51.7 Å². The van der Waals surface area contributed by atoms with Crippen molar-refractivity contribution < 1.29 is 14.3 Å². The Hall–Kier alpha value is -2.86. The molecule has 0 bridgehead atoms. The highest BCUT2D eigenvalue weighted by Gasteiger charge is 2.16. The molecule has 0 amide bonds. The Kier molecular flexibility index (Phi) is 8.06. The molecule has 0 saturated carbocycles. The van der Waals surface area contributed by atoms with Crippen LogP contribution in [-0.4, -0.2) is 42.9 Å². The lowest BCUT2D eigenvalue weighted by Crippen LogP contribution is -2.19. The van der Waals surface area contributed by atoms with Crippen LogP contribution in [0.1, 0.15) is 15.9 Å². The third kappa shape index (κ3) is 6.56. The first-order valence-corrected chi connectivity index (χ1v) is 10.4. The van der Waals surface area contributed by atoms with Crippen molar-refractivity contribution in [1.29, 1.82) is 0 Å². The summed E-state index contributed by atoms with van der Waals surface area (Å²) in [5, 5.41) is 0.654. The Bertz CT molecular complexity index is 1070. The molecule has 1 aromatic heterocycles. The molecule has 160 valence electrons. The molecular weight excluding hydrogens is 435 g/mol. The van der Waals surface area contributed by atoms with Gasteiger partial charge in [-0.3, -0.25) is 4.79 Å².